The zero-order chi connectivity index (χ0) is 25.6. The first-order valence-electron chi connectivity index (χ1n) is 13.9. The van der Waals surface area contributed by atoms with Gasteiger partial charge in [-0.2, -0.15) is 0 Å². The van der Waals surface area contributed by atoms with E-state index in [1.165, 1.54) is 72.8 Å². The van der Waals surface area contributed by atoms with E-state index in [9.17, 15) is 0 Å². The van der Waals surface area contributed by atoms with Crippen LogP contribution >= 0.6 is 0 Å². The van der Waals surface area contributed by atoms with E-state index in [2.05, 4.69) is 79.7 Å². The van der Waals surface area contributed by atoms with E-state index < -0.39 is 8.80 Å². The van der Waals surface area contributed by atoms with Crippen LogP contribution in [0.4, 0.5) is 0 Å². The quantitative estimate of drug-likeness (QED) is 0.145. The van der Waals surface area contributed by atoms with E-state index in [4.69, 9.17) is 13.3 Å². The number of unbranched alkanes of at least 4 members (excludes halogenated alkanes) is 5. The Morgan fingerprint density at radius 1 is 0.472 bits per heavy atom. The summed E-state index contributed by atoms with van der Waals surface area (Å²) >= 11 is 0. The number of hydrogen-bond acceptors (Lipinski definition) is 3. The fourth-order valence-electron chi connectivity index (χ4n) is 4.64. The highest BCUT2D eigenvalue weighted by molar-refractivity contribution is 6.75. The number of hydrogen-bond donors (Lipinski definition) is 0. The summed E-state index contributed by atoms with van der Waals surface area (Å²) in [5.41, 5.74) is 6.33. The highest BCUT2D eigenvalue weighted by Gasteiger charge is 2.43. The van der Waals surface area contributed by atoms with Crippen LogP contribution in [0.3, 0.4) is 0 Å². The van der Waals surface area contributed by atoms with Gasteiger partial charge in [-0.3, -0.25) is 0 Å². The highest BCUT2D eigenvalue weighted by atomic mass is 28.4. The van der Waals surface area contributed by atoms with Crippen LogP contribution in [0.1, 0.15) is 71.8 Å². The molecule has 0 atom stereocenters. The molecule has 3 aromatic carbocycles. The number of rotatable bonds is 16. The van der Waals surface area contributed by atoms with Gasteiger partial charge in [-0.15, -0.1) is 0 Å². The summed E-state index contributed by atoms with van der Waals surface area (Å²) in [6, 6.07) is 26.4. The Morgan fingerprint density at radius 3 is 1.31 bits per heavy atom. The molecule has 0 aromatic heterocycles. The molecule has 3 aromatic rings. The number of aryl methyl sites for hydroxylation is 1. The second-order valence-corrected chi connectivity index (χ2v) is 11.8. The molecule has 0 spiro atoms. The lowest BCUT2D eigenvalue weighted by Crippen LogP contribution is -2.56. The summed E-state index contributed by atoms with van der Waals surface area (Å²) < 4.78 is 18.2. The zero-order valence-corrected chi connectivity index (χ0v) is 23.7. The van der Waals surface area contributed by atoms with Crippen LogP contribution < -0.4 is 5.19 Å². The molecule has 0 bridgehead atoms. The van der Waals surface area contributed by atoms with Crippen molar-refractivity contribution in [2.75, 3.05) is 19.8 Å². The lowest BCUT2D eigenvalue weighted by atomic mass is 9.98. The molecule has 3 nitrogen and oxygen atoms in total. The molecule has 4 heteroatoms. The van der Waals surface area contributed by atoms with E-state index in [1.54, 1.807) is 0 Å². The molecule has 194 valence electrons. The Morgan fingerprint density at radius 2 is 0.861 bits per heavy atom. The molecule has 3 rings (SSSR count). The smallest absolute Gasteiger partial charge is 0.370 e. The summed E-state index contributed by atoms with van der Waals surface area (Å²) in [6.07, 6.45) is 9.25. The van der Waals surface area contributed by atoms with Crippen LogP contribution in [0, 0.1) is 0 Å². The number of benzene rings is 3. The molecule has 36 heavy (non-hydrogen) atoms. The maximum Gasteiger partial charge on any atom is 0.537 e. The lowest BCUT2D eigenvalue weighted by molar-refractivity contribution is 0.0859. The van der Waals surface area contributed by atoms with Crippen LogP contribution in [0.25, 0.3) is 22.3 Å². The topological polar surface area (TPSA) is 27.7 Å². The monoisotopic (exact) mass is 504 g/mol. The Labute approximate surface area is 220 Å². The lowest BCUT2D eigenvalue weighted by Gasteiger charge is -2.28. The van der Waals surface area contributed by atoms with E-state index in [0.29, 0.717) is 19.8 Å². The fourth-order valence-corrected chi connectivity index (χ4v) is 7.11. The van der Waals surface area contributed by atoms with Crippen molar-refractivity contribution >= 4 is 14.0 Å². The first-order valence-corrected chi connectivity index (χ1v) is 15.6. The van der Waals surface area contributed by atoms with Crippen molar-refractivity contribution in [3.63, 3.8) is 0 Å². The van der Waals surface area contributed by atoms with Crippen molar-refractivity contribution in [2.45, 2.75) is 72.6 Å². The largest absolute Gasteiger partial charge is 0.537 e. The molecule has 0 aliphatic heterocycles. The molecule has 0 aliphatic carbocycles. The highest BCUT2D eigenvalue weighted by Crippen LogP contribution is 2.26. The van der Waals surface area contributed by atoms with Crippen molar-refractivity contribution in [1.29, 1.82) is 0 Å². The van der Waals surface area contributed by atoms with Crippen LogP contribution in [0.2, 0.25) is 0 Å². The Hall–Kier alpha value is -2.24. The van der Waals surface area contributed by atoms with Crippen molar-refractivity contribution in [1.82, 2.24) is 0 Å². The Balaban J connectivity index is 1.64. The SMILES string of the molecule is CCCCCCCCc1ccc(-c2ccc(-c3ccc([Si](OCC)(OCC)OCC)cc3)cc2)cc1. The van der Waals surface area contributed by atoms with E-state index in [1.807, 2.05) is 20.8 Å². The van der Waals surface area contributed by atoms with Gasteiger partial charge in [-0.1, -0.05) is 112 Å². The predicted octanol–water partition coefficient (Wildman–Crippen LogP) is 8.18. The van der Waals surface area contributed by atoms with Crippen molar-refractivity contribution in [2.24, 2.45) is 0 Å². The second kappa shape index (κ2) is 15.1. The third kappa shape index (κ3) is 7.88. The minimum absolute atomic E-state index is 0.565. The van der Waals surface area contributed by atoms with Gasteiger partial charge in [0, 0.05) is 25.0 Å². The maximum absolute atomic E-state index is 6.05. The van der Waals surface area contributed by atoms with Gasteiger partial charge < -0.3 is 13.3 Å². The van der Waals surface area contributed by atoms with Gasteiger partial charge >= 0.3 is 8.80 Å². The van der Waals surface area contributed by atoms with Crippen LogP contribution in [-0.4, -0.2) is 28.6 Å². The van der Waals surface area contributed by atoms with E-state index in [-0.39, 0.29) is 0 Å². The second-order valence-electron chi connectivity index (χ2n) is 9.22. The van der Waals surface area contributed by atoms with Crippen molar-refractivity contribution in [3.8, 4) is 22.3 Å². The standard InChI is InChI=1S/C32H44O3Si/c1-5-9-10-11-12-13-14-27-15-17-28(18-16-27)29-19-21-30(22-20-29)31-23-25-32(26-24-31)36(33-6-2,34-7-3)35-8-4/h15-26H,5-14H2,1-4H3. The predicted molar refractivity (Wildman–Crippen MR) is 155 cm³/mol. The zero-order valence-electron chi connectivity index (χ0n) is 22.7. The van der Waals surface area contributed by atoms with Gasteiger partial charge in [0.25, 0.3) is 0 Å². The summed E-state index contributed by atoms with van der Waals surface area (Å²) in [5, 5.41) is 1.01. The van der Waals surface area contributed by atoms with Gasteiger partial charge in [0.15, 0.2) is 0 Å². The fraction of sp³-hybridized carbons (Fsp3) is 0.438. The average molecular weight is 505 g/mol. The Bertz CT molecular complexity index is 980. The van der Waals surface area contributed by atoms with Gasteiger partial charge in [0.05, 0.1) is 0 Å². The summed E-state index contributed by atoms with van der Waals surface area (Å²) in [7, 11) is -2.87. The molecule has 0 saturated carbocycles. The first kappa shape index (κ1) is 28.3. The van der Waals surface area contributed by atoms with Crippen LogP contribution in [0.15, 0.2) is 72.8 Å². The van der Waals surface area contributed by atoms with Gasteiger partial charge in [0.2, 0.25) is 0 Å². The average Bonchev–Trinajstić information content (AvgIpc) is 2.92. The minimum Gasteiger partial charge on any atom is -0.370 e. The summed E-state index contributed by atoms with van der Waals surface area (Å²) in [5.74, 6) is 0. The molecule has 0 saturated heterocycles. The van der Waals surface area contributed by atoms with Crippen LogP contribution in [0.5, 0.6) is 0 Å². The third-order valence-electron chi connectivity index (χ3n) is 6.57. The van der Waals surface area contributed by atoms with Gasteiger partial charge in [0.1, 0.15) is 0 Å². The van der Waals surface area contributed by atoms with Crippen LogP contribution in [-0.2, 0) is 19.7 Å². The van der Waals surface area contributed by atoms with Gasteiger partial charge in [-0.25, -0.2) is 0 Å². The molecule has 0 radical (unpaired) electrons. The van der Waals surface area contributed by atoms with E-state index in [0.717, 1.165) is 5.19 Å². The van der Waals surface area contributed by atoms with Crippen molar-refractivity contribution in [3.05, 3.63) is 78.4 Å². The van der Waals surface area contributed by atoms with Crippen molar-refractivity contribution < 1.29 is 13.3 Å². The molecule has 0 fully saturated rings. The molecule has 0 unspecified atom stereocenters. The molecule has 0 amide bonds. The normalized spacial score (nSPS) is 11.7. The third-order valence-corrected chi connectivity index (χ3v) is 9.61. The minimum atomic E-state index is -2.87. The molecule has 0 aliphatic rings. The molecule has 0 N–H and O–H groups in total. The summed E-state index contributed by atoms with van der Waals surface area (Å²) in [6.45, 7) is 9.92. The summed E-state index contributed by atoms with van der Waals surface area (Å²) in [4.78, 5) is 0. The van der Waals surface area contributed by atoms with E-state index >= 15 is 0 Å². The molecular weight excluding hydrogens is 460 g/mol. The molecule has 0 heterocycles. The Kier molecular flexibility index (Phi) is 11.9. The first-order chi connectivity index (χ1) is 17.7. The molecular formula is C32H44O3Si. The van der Waals surface area contributed by atoms with Gasteiger partial charge in [-0.05, 0) is 61.4 Å². The maximum atomic E-state index is 6.05.